The predicted octanol–water partition coefficient (Wildman–Crippen LogP) is 4.09. The lowest BCUT2D eigenvalue weighted by Gasteiger charge is -2.57. The first-order valence-electron chi connectivity index (χ1n) is 11.3. The van der Waals surface area contributed by atoms with Crippen LogP contribution in [0.5, 0.6) is 0 Å². The molecule has 5 heteroatoms. The molecular weight excluding hydrogens is 384 g/mol. The molecule has 0 bridgehead atoms. The maximum absolute atomic E-state index is 11.4. The molecule has 0 radical (unpaired) electrons. The molecule has 29 heavy (non-hydrogen) atoms. The van der Waals surface area contributed by atoms with Crippen LogP contribution in [0.15, 0.2) is 24.3 Å². The average molecular weight is 421 g/mol. The van der Waals surface area contributed by atoms with Crippen molar-refractivity contribution in [1.82, 2.24) is 9.80 Å². The van der Waals surface area contributed by atoms with Crippen LogP contribution in [0.25, 0.3) is 0 Å². The van der Waals surface area contributed by atoms with Crippen molar-refractivity contribution in [3.63, 3.8) is 0 Å². The van der Waals surface area contributed by atoms with E-state index in [2.05, 4.69) is 35.8 Å². The Morgan fingerprint density at radius 2 is 1.76 bits per heavy atom. The second-order valence-corrected chi connectivity index (χ2v) is 10.6. The van der Waals surface area contributed by atoms with Gasteiger partial charge in [-0.2, -0.15) is 0 Å². The molecule has 4 nitrogen and oxygen atoms in total. The number of ether oxygens (including phenoxy) is 1. The number of nitrogens with zero attached hydrogens (tertiary/aromatic N) is 2. The summed E-state index contributed by atoms with van der Waals surface area (Å²) in [6.07, 6.45) is 6.09. The van der Waals surface area contributed by atoms with E-state index in [4.69, 9.17) is 16.3 Å². The molecule has 0 amide bonds. The maximum atomic E-state index is 11.4. The topological polar surface area (TPSA) is 35.9 Å². The summed E-state index contributed by atoms with van der Waals surface area (Å²) in [5, 5.41) is 12.2. The highest BCUT2D eigenvalue weighted by Crippen LogP contribution is 2.47. The third-order valence-corrected chi connectivity index (χ3v) is 8.09. The number of morpholine rings is 1. The van der Waals surface area contributed by atoms with Gasteiger partial charge < -0.3 is 9.84 Å². The lowest BCUT2D eigenvalue weighted by Crippen LogP contribution is -2.63. The molecule has 3 atom stereocenters. The fraction of sp³-hybridized carbons (Fsp3) is 0.750. The van der Waals surface area contributed by atoms with Gasteiger partial charge in [-0.1, -0.05) is 30.7 Å². The number of piperidine rings is 2. The fourth-order valence-corrected chi connectivity index (χ4v) is 5.97. The van der Waals surface area contributed by atoms with Crippen molar-refractivity contribution < 1.29 is 9.84 Å². The number of hydrogen-bond donors (Lipinski definition) is 1. The molecule has 3 fully saturated rings. The molecule has 1 aromatic rings. The van der Waals surface area contributed by atoms with Crippen molar-refractivity contribution >= 4 is 11.6 Å². The van der Waals surface area contributed by atoms with Crippen LogP contribution >= 0.6 is 11.6 Å². The number of halogens is 1. The molecule has 0 saturated carbocycles. The van der Waals surface area contributed by atoms with Crippen molar-refractivity contribution in [3.05, 3.63) is 34.9 Å². The van der Waals surface area contributed by atoms with Gasteiger partial charge in [0.25, 0.3) is 0 Å². The lowest BCUT2D eigenvalue weighted by molar-refractivity contribution is -0.111. The van der Waals surface area contributed by atoms with Crippen LogP contribution in [0.1, 0.15) is 57.9 Å². The van der Waals surface area contributed by atoms with Crippen LogP contribution in [-0.2, 0) is 10.2 Å². The van der Waals surface area contributed by atoms with Gasteiger partial charge in [-0.25, -0.2) is 0 Å². The van der Waals surface area contributed by atoms with Gasteiger partial charge in [0.05, 0.1) is 18.8 Å². The van der Waals surface area contributed by atoms with E-state index in [1.54, 1.807) is 0 Å². The second kappa shape index (κ2) is 8.47. The molecule has 4 rings (SSSR count). The van der Waals surface area contributed by atoms with Gasteiger partial charge in [-0.15, -0.1) is 0 Å². The van der Waals surface area contributed by atoms with E-state index in [1.165, 1.54) is 5.56 Å². The molecule has 0 aromatic heterocycles. The van der Waals surface area contributed by atoms with Crippen molar-refractivity contribution in [3.8, 4) is 0 Å². The summed E-state index contributed by atoms with van der Waals surface area (Å²) in [5.41, 5.74) is 1.15. The maximum Gasteiger partial charge on any atom is 0.0678 e. The van der Waals surface area contributed by atoms with E-state index in [0.29, 0.717) is 0 Å². The van der Waals surface area contributed by atoms with E-state index in [1.807, 2.05) is 12.1 Å². The summed E-state index contributed by atoms with van der Waals surface area (Å²) >= 11 is 6.10. The SMILES string of the molecule is CC1(c2ccc(Cl)cc2)CCC2(C)CC(O)(CCCN3CCOCC3)CCN2C1. The predicted molar refractivity (Wildman–Crippen MR) is 119 cm³/mol. The summed E-state index contributed by atoms with van der Waals surface area (Å²) < 4.78 is 5.44. The van der Waals surface area contributed by atoms with Gasteiger partial charge in [0.15, 0.2) is 0 Å². The zero-order chi connectivity index (χ0) is 20.5. The summed E-state index contributed by atoms with van der Waals surface area (Å²) in [6, 6.07) is 8.41. The largest absolute Gasteiger partial charge is 0.390 e. The number of hydrogen-bond acceptors (Lipinski definition) is 4. The highest BCUT2D eigenvalue weighted by molar-refractivity contribution is 6.30. The van der Waals surface area contributed by atoms with Crippen LogP contribution in [0.2, 0.25) is 5.02 Å². The molecule has 3 aliphatic rings. The molecule has 0 spiro atoms. The lowest BCUT2D eigenvalue weighted by atomic mass is 9.65. The third-order valence-electron chi connectivity index (χ3n) is 7.84. The Bertz CT molecular complexity index is 693. The number of rotatable bonds is 5. The number of fused-ring (bicyclic) bond motifs is 1. The minimum Gasteiger partial charge on any atom is -0.390 e. The molecule has 3 heterocycles. The minimum absolute atomic E-state index is 0.109. The van der Waals surface area contributed by atoms with Gasteiger partial charge in [-0.05, 0) is 69.7 Å². The molecule has 3 aliphatic heterocycles. The van der Waals surface area contributed by atoms with Crippen molar-refractivity contribution in [2.24, 2.45) is 0 Å². The van der Waals surface area contributed by atoms with Crippen LogP contribution in [0, 0.1) is 0 Å². The van der Waals surface area contributed by atoms with Gasteiger partial charge >= 0.3 is 0 Å². The Morgan fingerprint density at radius 3 is 2.48 bits per heavy atom. The van der Waals surface area contributed by atoms with Crippen molar-refractivity contribution in [2.45, 2.75) is 68.9 Å². The average Bonchev–Trinajstić information content (AvgIpc) is 2.70. The first kappa shape index (κ1) is 21.6. The number of benzene rings is 1. The first-order chi connectivity index (χ1) is 13.8. The Kier molecular flexibility index (Phi) is 6.30. The van der Waals surface area contributed by atoms with Crippen molar-refractivity contribution in [2.75, 3.05) is 45.9 Å². The highest BCUT2D eigenvalue weighted by atomic mass is 35.5. The van der Waals surface area contributed by atoms with E-state index in [0.717, 1.165) is 89.5 Å². The van der Waals surface area contributed by atoms with Crippen LogP contribution in [-0.4, -0.2) is 72.0 Å². The van der Waals surface area contributed by atoms with E-state index in [9.17, 15) is 5.11 Å². The molecule has 1 aromatic carbocycles. The molecular formula is C24H37ClN2O2. The second-order valence-electron chi connectivity index (χ2n) is 10.2. The Hall–Kier alpha value is -0.650. The smallest absolute Gasteiger partial charge is 0.0678 e. The summed E-state index contributed by atoms with van der Waals surface area (Å²) in [4.78, 5) is 5.13. The zero-order valence-electron chi connectivity index (χ0n) is 18.1. The molecule has 0 aliphatic carbocycles. The molecule has 1 N–H and O–H groups in total. The van der Waals surface area contributed by atoms with Gasteiger partial charge in [0, 0.05) is 42.2 Å². The summed E-state index contributed by atoms with van der Waals surface area (Å²) in [5.74, 6) is 0. The summed E-state index contributed by atoms with van der Waals surface area (Å²) in [6.45, 7) is 11.7. The third kappa shape index (κ3) is 4.83. The van der Waals surface area contributed by atoms with Gasteiger partial charge in [0.2, 0.25) is 0 Å². The normalized spacial score (nSPS) is 36.7. The van der Waals surface area contributed by atoms with Crippen LogP contribution in [0.4, 0.5) is 0 Å². The highest BCUT2D eigenvalue weighted by Gasteiger charge is 2.50. The molecule has 162 valence electrons. The standard InChI is InChI=1S/C24H37ClN2O2/c1-22(20-4-6-21(25)7-5-20)9-10-23(2)18-24(28,11-13-27(23)19-22)8-3-12-26-14-16-29-17-15-26/h4-7,28H,3,8-19H2,1-2H3. The fourth-order valence-electron chi connectivity index (χ4n) is 5.84. The molecule has 3 unspecified atom stereocenters. The number of aliphatic hydroxyl groups is 1. The van der Waals surface area contributed by atoms with Gasteiger partial charge in [0.1, 0.15) is 0 Å². The molecule has 3 saturated heterocycles. The Labute approximate surface area is 181 Å². The van der Waals surface area contributed by atoms with Crippen LogP contribution < -0.4 is 0 Å². The van der Waals surface area contributed by atoms with E-state index >= 15 is 0 Å². The van der Waals surface area contributed by atoms with Crippen molar-refractivity contribution in [1.29, 1.82) is 0 Å². The minimum atomic E-state index is -0.508. The van der Waals surface area contributed by atoms with E-state index < -0.39 is 5.60 Å². The Balaban J connectivity index is 1.35. The Morgan fingerprint density at radius 1 is 1.03 bits per heavy atom. The van der Waals surface area contributed by atoms with Crippen LogP contribution in [0.3, 0.4) is 0 Å². The quantitative estimate of drug-likeness (QED) is 0.778. The first-order valence-corrected chi connectivity index (χ1v) is 11.7. The van der Waals surface area contributed by atoms with Gasteiger partial charge in [-0.3, -0.25) is 9.80 Å². The zero-order valence-corrected chi connectivity index (χ0v) is 18.9. The monoisotopic (exact) mass is 420 g/mol. The van der Waals surface area contributed by atoms with E-state index in [-0.39, 0.29) is 11.0 Å². The summed E-state index contributed by atoms with van der Waals surface area (Å²) in [7, 11) is 0.